The first-order valence-electron chi connectivity index (χ1n) is 9.28. The van der Waals surface area contributed by atoms with Crippen molar-refractivity contribution < 1.29 is 5.11 Å². The van der Waals surface area contributed by atoms with Crippen molar-refractivity contribution in [3.63, 3.8) is 0 Å². The largest absolute Gasteiger partial charge is 0.390 e. The van der Waals surface area contributed by atoms with E-state index < -0.39 is 5.60 Å². The van der Waals surface area contributed by atoms with Gasteiger partial charge in [-0.3, -0.25) is 0 Å². The lowest BCUT2D eigenvalue weighted by Gasteiger charge is -2.38. The molecule has 1 aromatic carbocycles. The third kappa shape index (κ3) is 6.64. The Bertz CT molecular complexity index is 455. The molecule has 2 nitrogen and oxygen atoms in total. The summed E-state index contributed by atoms with van der Waals surface area (Å²) in [5.41, 5.74) is 7.72. The van der Waals surface area contributed by atoms with E-state index >= 15 is 0 Å². The van der Waals surface area contributed by atoms with Crippen LogP contribution in [0, 0.1) is 17.8 Å². The normalized spacial score (nSPS) is 15.9. The number of aliphatic hydroxyl groups is 1. The Hall–Kier alpha value is -0.860. The highest BCUT2D eigenvalue weighted by Gasteiger charge is 2.35. The molecular formula is C21H37NO. The van der Waals surface area contributed by atoms with Crippen LogP contribution in [0.15, 0.2) is 24.3 Å². The van der Waals surface area contributed by atoms with E-state index in [1.165, 1.54) is 11.1 Å². The second kappa shape index (κ2) is 9.44. The molecule has 0 spiro atoms. The molecule has 0 aliphatic carbocycles. The summed E-state index contributed by atoms with van der Waals surface area (Å²) >= 11 is 0. The summed E-state index contributed by atoms with van der Waals surface area (Å²) in [4.78, 5) is 0. The molecule has 0 amide bonds. The zero-order valence-corrected chi connectivity index (χ0v) is 15.8. The van der Waals surface area contributed by atoms with Crippen molar-refractivity contribution >= 4 is 0 Å². The summed E-state index contributed by atoms with van der Waals surface area (Å²) in [5, 5.41) is 11.3. The van der Waals surface area contributed by atoms with Crippen LogP contribution in [0.25, 0.3) is 0 Å². The van der Waals surface area contributed by atoms with E-state index in [4.69, 9.17) is 5.73 Å². The van der Waals surface area contributed by atoms with E-state index in [-0.39, 0.29) is 0 Å². The van der Waals surface area contributed by atoms with E-state index in [0.29, 0.717) is 17.8 Å². The Morgan fingerprint density at radius 3 is 2.17 bits per heavy atom. The summed E-state index contributed by atoms with van der Waals surface area (Å²) in [7, 11) is 0. The fraction of sp³-hybridized carbons (Fsp3) is 0.714. The van der Waals surface area contributed by atoms with E-state index in [0.717, 1.165) is 38.6 Å². The molecule has 0 bridgehead atoms. The Kier molecular flexibility index (Phi) is 8.28. The maximum atomic E-state index is 11.3. The molecule has 0 fully saturated rings. The molecule has 2 atom stereocenters. The van der Waals surface area contributed by atoms with E-state index in [1.54, 1.807) is 0 Å². The van der Waals surface area contributed by atoms with Gasteiger partial charge in [0.25, 0.3) is 0 Å². The maximum absolute atomic E-state index is 11.3. The average molecular weight is 320 g/mol. The minimum Gasteiger partial charge on any atom is -0.390 e. The Balaban J connectivity index is 2.77. The van der Waals surface area contributed by atoms with Crippen LogP contribution in [0.4, 0.5) is 0 Å². The summed E-state index contributed by atoms with van der Waals surface area (Å²) < 4.78 is 0. The van der Waals surface area contributed by atoms with Crippen LogP contribution in [0.2, 0.25) is 0 Å². The number of aryl methyl sites for hydroxylation is 2. The molecule has 23 heavy (non-hydrogen) atoms. The summed E-state index contributed by atoms with van der Waals surface area (Å²) in [6.45, 7) is 11.8. The van der Waals surface area contributed by atoms with Gasteiger partial charge in [-0.1, -0.05) is 58.9 Å². The molecule has 1 aromatic rings. The predicted molar refractivity (Wildman–Crippen MR) is 101 cm³/mol. The number of hydrogen-bond donors (Lipinski definition) is 2. The van der Waals surface area contributed by atoms with E-state index in [9.17, 15) is 5.11 Å². The van der Waals surface area contributed by atoms with Crippen molar-refractivity contribution in [1.82, 2.24) is 0 Å². The highest BCUT2D eigenvalue weighted by Crippen LogP contribution is 2.34. The van der Waals surface area contributed by atoms with Gasteiger partial charge in [0, 0.05) is 0 Å². The molecule has 0 heterocycles. The molecule has 3 N–H and O–H groups in total. The highest BCUT2D eigenvalue weighted by molar-refractivity contribution is 5.24. The summed E-state index contributed by atoms with van der Waals surface area (Å²) in [6.07, 6.45) is 4.73. The Morgan fingerprint density at radius 1 is 1.04 bits per heavy atom. The topological polar surface area (TPSA) is 46.2 Å². The Morgan fingerprint density at radius 2 is 1.65 bits per heavy atom. The second-order valence-corrected chi connectivity index (χ2v) is 7.95. The van der Waals surface area contributed by atoms with E-state index in [2.05, 4.69) is 58.9 Å². The molecular weight excluding hydrogens is 282 g/mol. The minimum atomic E-state index is -0.574. The number of rotatable bonds is 10. The molecule has 0 aliphatic rings. The quantitative estimate of drug-likeness (QED) is 0.663. The fourth-order valence-electron chi connectivity index (χ4n) is 3.45. The third-order valence-corrected chi connectivity index (χ3v) is 5.12. The molecule has 2 heteroatoms. The van der Waals surface area contributed by atoms with Gasteiger partial charge in [-0.25, -0.2) is 0 Å². The molecule has 0 radical (unpaired) electrons. The SMILES string of the molecule is CC(C)CC(O)(CCc1cccc(CCCN)c1)C(C)C(C)C. The maximum Gasteiger partial charge on any atom is 0.0681 e. The smallest absolute Gasteiger partial charge is 0.0681 e. The molecule has 132 valence electrons. The van der Waals surface area contributed by atoms with Crippen LogP contribution >= 0.6 is 0 Å². The number of benzene rings is 1. The molecule has 2 unspecified atom stereocenters. The van der Waals surface area contributed by atoms with Crippen molar-refractivity contribution in [3.05, 3.63) is 35.4 Å². The Labute approximate surface area is 143 Å². The number of nitrogens with two attached hydrogens (primary N) is 1. The number of hydrogen-bond acceptors (Lipinski definition) is 2. The minimum absolute atomic E-state index is 0.310. The first kappa shape index (κ1) is 20.2. The van der Waals surface area contributed by atoms with Gasteiger partial charge in [0.15, 0.2) is 0 Å². The summed E-state index contributed by atoms with van der Waals surface area (Å²) in [5.74, 6) is 1.32. The third-order valence-electron chi connectivity index (χ3n) is 5.12. The standard InChI is InChI=1S/C21H37NO/c1-16(2)15-21(23,18(5)17(3)4)12-11-20-9-6-8-19(14-20)10-7-13-22/h6,8-9,14,16-18,23H,7,10-13,15,22H2,1-5H3. The molecule has 0 aliphatic heterocycles. The molecule has 0 saturated carbocycles. The van der Waals surface area contributed by atoms with Crippen molar-refractivity contribution in [1.29, 1.82) is 0 Å². The van der Waals surface area contributed by atoms with Gasteiger partial charge in [0.2, 0.25) is 0 Å². The lowest BCUT2D eigenvalue weighted by Crippen LogP contribution is -2.41. The molecule has 0 saturated heterocycles. The summed E-state index contributed by atoms with van der Waals surface area (Å²) in [6, 6.07) is 8.78. The first-order valence-corrected chi connectivity index (χ1v) is 9.28. The highest BCUT2D eigenvalue weighted by atomic mass is 16.3. The van der Waals surface area contributed by atoms with Gasteiger partial charge in [0.05, 0.1) is 5.60 Å². The predicted octanol–water partition coefficient (Wildman–Crippen LogP) is 4.58. The van der Waals surface area contributed by atoms with Crippen molar-refractivity contribution in [2.75, 3.05) is 6.54 Å². The van der Waals surface area contributed by atoms with Crippen molar-refractivity contribution in [2.45, 2.75) is 72.3 Å². The van der Waals surface area contributed by atoms with Crippen LogP contribution in [0.1, 0.15) is 65.0 Å². The van der Waals surface area contributed by atoms with Crippen LogP contribution < -0.4 is 5.73 Å². The first-order chi connectivity index (χ1) is 10.8. The van der Waals surface area contributed by atoms with Crippen LogP contribution in [-0.2, 0) is 12.8 Å². The fourth-order valence-corrected chi connectivity index (χ4v) is 3.45. The van der Waals surface area contributed by atoms with Crippen LogP contribution in [0.5, 0.6) is 0 Å². The van der Waals surface area contributed by atoms with Gasteiger partial charge >= 0.3 is 0 Å². The monoisotopic (exact) mass is 319 g/mol. The average Bonchev–Trinajstić information content (AvgIpc) is 2.50. The second-order valence-electron chi connectivity index (χ2n) is 7.95. The van der Waals surface area contributed by atoms with Gasteiger partial charge in [0.1, 0.15) is 0 Å². The lowest BCUT2D eigenvalue weighted by molar-refractivity contribution is -0.0523. The molecule has 0 aromatic heterocycles. The molecule has 1 rings (SSSR count). The van der Waals surface area contributed by atoms with Crippen LogP contribution in [-0.4, -0.2) is 17.3 Å². The van der Waals surface area contributed by atoms with Crippen molar-refractivity contribution in [3.8, 4) is 0 Å². The van der Waals surface area contributed by atoms with Crippen LogP contribution in [0.3, 0.4) is 0 Å². The van der Waals surface area contributed by atoms with Gasteiger partial charge in [-0.15, -0.1) is 0 Å². The zero-order valence-electron chi connectivity index (χ0n) is 15.8. The van der Waals surface area contributed by atoms with Crippen molar-refractivity contribution in [2.24, 2.45) is 23.5 Å². The lowest BCUT2D eigenvalue weighted by atomic mass is 9.73. The van der Waals surface area contributed by atoms with Gasteiger partial charge in [-0.05, 0) is 67.5 Å². The van der Waals surface area contributed by atoms with Gasteiger partial charge < -0.3 is 10.8 Å². The zero-order chi connectivity index (χ0) is 17.5. The van der Waals surface area contributed by atoms with E-state index in [1.807, 2.05) is 0 Å². The van der Waals surface area contributed by atoms with Gasteiger partial charge in [-0.2, -0.15) is 0 Å².